The average Bonchev–Trinajstić information content (AvgIpc) is 2.47. The Labute approximate surface area is 91.0 Å². The van der Waals surface area contributed by atoms with E-state index in [0.717, 1.165) is 0 Å². The summed E-state index contributed by atoms with van der Waals surface area (Å²) in [6.45, 7) is 6.68. The topological polar surface area (TPSA) is 64.9 Å². The Kier molecular flexibility index (Phi) is 2.79. The SMILES string of the molecule is CC(C)(N)C(C)(C)c1nc(C(F)(F)F)no1. The summed E-state index contributed by atoms with van der Waals surface area (Å²) in [5.74, 6) is -1.40. The number of nitrogens with zero attached hydrogens (tertiary/aromatic N) is 2. The van der Waals surface area contributed by atoms with Gasteiger partial charge in [0.15, 0.2) is 0 Å². The van der Waals surface area contributed by atoms with E-state index in [2.05, 4.69) is 14.7 Å². The summed E-state index contributed by atoms with van der Waals surface area (Å²) in [5.41, 5.74) is 4.24. The third kappa shape index (κ3) is 2.18. The molecule has 0 bridgehead atoms. The van der Waals surface area contributed by atoms with E-state index in [1.807, 2.05) is 0 Å². The molecule has 0 amide bonds. The molecule has 1 aromatic rings. The van der Waals surface area contributed by atoms with Crippen molar-refractivity contribution < 1.29 is 17.7 Å². The molecular weight excluding hydrogens is 223 g/mol. The van der Waals surface area contributed by atoms with Crippen LogP contribution in [0.25, 0.3) is 0 Å². The Bertz CT molecular complexity index is 376. The van der Waals surface area contributed by atoms with E-state index >= 15 is 0 Å². The standard InChI is InChI=1S/C9H14F3N3O/c1-7(2,8(3,4)13)6-14-5(15-16-6)9(10,11)12/h13H2,1-4H3. The molecule has 0 radical (unpaired) electrons. The van der Waals surface area contributed by atoms with Crippen molar-refractivity contribution >= 4 is 0 Å². The van der Waals surface area contributed by atoms with Crippen molar-refractivity contribution in [2.75, 3.05) is 0 Å². The summed E-state index contributed by atoms with van der Waals surface area (Å²) in [6, 6.07) is 0. The number of nitrogens with two attached hydrogens (primary N) is 1. The van der Waals surface area contributed by atoms with Crippen LogP contribution < -0.4 is 5.73 Å². The average molecular weight is 237 g/mol. The van der Waals surface area contributed by atoms with Crippen LogP contribution in [0.5, 0.6) is 0 Å². The molecule has 0 unspecified atom stereocenters. The van der Waals surface area contributed by atoms with E-state index in [1.165, 1.54) is 0 Å². The minimum absolute atomic E-state index is 0.118. The smallest absolute Gasteiger partial charge is 0.338 e. The third-order valence-corrected chi connectivity index (χ3v) is 2.83. The van der Waals surface area contributed by atoms with Crippen molar-refractivity contribution in [1.82, 2.24) is 10.1 Å². The lowest BCUT2D eigenvalue weighted by atomic mass is 9.75. The minimum Gasteiger partial charge on any atom is -0.338 e. The molecule has 0 aliphatic heterocycles. The molecule has 1 aromatic heterocycles. The predicted octanol–water partition coefficient (Wildman–Crippen LogP) is 2.10. The Hall–Kier alpha value is -1.11. The van der Waals surface area contributed by atoms with Crippen LogP contribution in [-0.2, 0) is 11.6 Å². The van der Waals surface area contributed by atoms with Gasteiger partial charge in [0.1, 0.15) is 0 Å². The number of alkyl halides is 3. The van der Waals surface area contributed by atoms with E-state index in [-0.39, 0.29) is 5.89 Å². The zero-order valence-corrected chi connectivity index (χ0v) is 9.51. The van der Waals surface area contributed by atoms with E-state index in [0.29, 0.717) is 0 Å². The largest absolute Gasteiger partial charge is 0.455 e. The van der Waals surface area contributed by atoms with Crippen LogP contribution in [0.1, 0.15) is 39.4 Å². The number of rotatable bonds is 2. The van der Waals surface area contributed by atoms with Crippen molar-refractivity contribution in [3.05, 3.63) is 11.7 Å². The number of aromatic nitrogens is 2. The molecule has 0 atom stereocenters. The van der Waals surface area contributed by atoms with Crippen LogP contribution >= 0.6 is 0 Å². The second-order valence-electron chi connectivity index (χ2n) is 4.77. The fraction of sp³-hybridized carbons (Fsp3) is 0.778. The van der Waals surface area contributed by atoms with Crippen LogP contribution in [0.2, 0.25) is 0 Å². The first-order valence-electron chi connectivity index (χ1n) is 4.66. The van der Waals surface area contributed by atoms with Crippen LogP contribution in [0.4, 0.5) is 13.2 Å². The maximum Gasteiger partial charge on any atom is 0.455 e. The lowest BCUT2D eigenvalue weighted by Crippen LogP contribution is -2.50. The monoisotopic (exact) mass is 237 g/mol. The first-order chi connectivity index (χ1) is 6.96. The molecule has 16 heavy (non-hydrogen) atoms. The van der Waals surface area contributed by atoms with Gasteiger partial charge in [-0.05, 0) is 27.7 Å². The van der Waals surface area contributed by atoms with Gasteiger partial charge in [0.25, 0.3) is 5.82 Å². The number of halogens is 3. The molecule has 7 heteroatoms. The summed E-state index contributed by atoms with van der Waals surface area (Å²) in [6.07, 6.45) is -4.60. The molecular formula is C9H14F3N3O. The molecule has 1 rings (SSSR count). The lowest BCUT2D eigenvalue weighted by molar-refractivity contribution is -0.146. The third-order valence-electron chi connectivity index (χ3n) is 2.83. The summed E-state index contributed by atoms with van der Waals surface area (Å²) < 4.78 is 41.4. The van der Waals surface area contributed by atoms with Gasteiger partial charge in [0.05, 0.1) is 5.41 Å². The molecule has 0 saturated heterocycles. The van der Waals surface area contributed by atoms with Crippen molar-refractivity contribution in [1.29, 1.82) is 0 Å². The highest BCUT2D eigenvalue weighted by Crippen LogP contribution is 2.34. The second kappa shape index (κ2) is 3.44. The minimum atomic E-state index is -4.60. The van der Waals surface area contributed by atoms with Gasteiger partial charge in [-0.2, -0.15) is 18.2 Å². The van der Waals surface area contributed by atoms with Crippen molar-refractivity contribution in [2.45, 2.75) is 44.8 Å². The molecule has 0 saturated carbocycles. The van der Waals surface area contributed by atoms with Gasteiger partial charge in [-0.15, -0.1) is 0 Å². The van der Waals surface area contributed by atoms with Crippen molar-refractivity contribution in [3.8, 4) is 0 Å². The highest BCUT2D eigenvalue weighted by molar-refractivity contribution is 5.11. The first kappa shape index (κ1) is 13.0. The quantitative estimate of drug-likeness (QED) is 0.855. The maximum absolute atomic E-state index is 12.3. The zero-order valence-electron chi connectivity index (χ0n) is 9.51. The summed E-state index contributed by atoms with van der Waals surface area (Å²) in [5, 5.41) is 2.90. The first-order valence-corrected chi connectivity index (χ1v) is 4.66. The van der Waals surface area contributed by atoms with E-state index in [9.17, 15) is 13.2 Å². The molecule has 0 aliphatic rings. The van der Waals surface area contributed by atoms with E-state index in [1.54, 1.807) is 27.7 Å². The van der Waals surface area contributed by atoms with Crippen LogP contribution in [0, 0.1) is 0 Å². The number of hydrogen-bond acceptors (Lipinski definition) is 4. The van der Waals surface area contributed by atoms with Gasteiger partial charge in [0.2, 0.25) is 5.89 Å². The molecule has 0 aromatic carbocycles. The van der Waals surface area contributed by atoms with Gasteiger partial charge in [-0.3, -0.25) is 0 Å². The Morgan fingerprint density at radius 1 is 1.12 bits per heavy atom. The van der Waals surface area contributed by atoms with Gasteiger partial charge in [-0.25, -0.2) is 0 Å². The molecule has 0 fully saturated rings. The van der Waals surface area contributed by atoms with Gasteiger partial charge >= 0.3 is 6.18 Å². The molecule has 2 N–H and O–H groups in total. The van der Waals surface area contributed by atoms with Gasteiger partial charge in [-0.1, -0.05) is 5.16 Å². The molecule has 0 aliphatic carbocycles. The predicted molar refractivity (Wildman–Crippen MR) is 50.6 cm³/mol. The molecule has 92 valence electrons. The van der Waals surface area contributed by atoms with E-state index in [4.69, 9.17) is 5.73 Å². The van der Waals surface area contributed by atoms with E-state index < -0.39 is 23.0 Å². The van der Waals surface area contributed by atoms with Gasteiger partial charge < -0.3 is 10.3 Å². The Morgan fingerprint density at radius 2 is 1.62 bits per heavy atom. The Balaban J connectivity index is 3.13. The normalized spacial score (nSPS) is 14.2. The van der Waals surface area contributed by atoms with Gasteiger partial charge in [0, 0.05) is 5.54 Å². The fourth-order valence-corrected chi connectivity index (χ4v) is 0.868. The Morgan fingerprint density at radius 3 is 1.94 bits per heavy atom. The molecule has 1 heterocycles. The fourth-order valence-electron chi connectivity index (χ4n) is 0.868. The number of hydrogen-bond donors (Lipinski definition) is 1. The summed E-state index contributed by atoms with van der Waals surface area (Å²) in [4.78, 5) is 3.34. The van der Waals surface area contributed by atoms with Crippen LogP contribution in [-0.4, -0.2) is 15.7 Å². The van der Waals surface area contributed by atoms with Crippen LogP contribution in [0.3, 0.4) is 0 Å². The zero-order chi connectivity index (χ0) is 12.8. The van der Waals surface area contributed by atoms with Crippen LogP contribution in [0.15, 0.2) is 4.52 Å². The highest BCUT2D eigenvalue weighted by atomic mass is 19.4. The van der Waals surface area contributed by atoms with Crippen molar-refractivity contribution in [2.24, 2.45) is 5.73 Å². The second-order valence-corrected chi connectivity index (χ2v) is 4.77. The lowest BCUT2D eigenvalue weighted by Gasteiger charge is -2.34. The highest BCUT2D eigenvalue weighted by Gasteiger charge is 2.44. The molecule has 0 spiro atoms. The summed E-state index contributed by atoms with van der Waals surface area (Å²) >= 11 is 0. The molecule has 4 nitrogen and oxygen atoms in total. The maximum atomic E-state index is 12.3. The summed E-state index contributed by atoms with van der Waals surface area (Å²) in [7, 11) is 0. The van der Waals surface area contributed by atoms with Crippen molar-refractivity contribution in [3.63, 3.8) is 0 Å².